The van der Waals surface area contributed by atoms with Gasteiger partial charge in [0, 0.05) is 37.3 Å². The maximum Gasteiger partial charge on any atom is 0.244 e. The largest absolute Gasteiger partial charge is 0.389 e. The van der Waals surface area contributed by atoms with Crippen LogP contribution in [0.15, 0.2) is 73.2 Å². The molecule has 13 heteroatoms. The molecule has 1 heterocycles. The van der Waals surface area contributed by atoms with E-state index in [1.807, 2.05) is 67.6 Å². The third kappa shape index (κ3) is 14.2. The Balaban J connectivity index is 1.52. The summed E-state index contributed by atoms with van der Waals surface area (Å²) in [6.45, 7) is 2.74. The second-order valence-corrected chi connectivity index (χ2v) is 15.4. The van der Waals surface area contributed by atoms with E-state index < -0.39 is 51.9 Å². The van der Waals surface area contributed by atoms with Gasteiger partial charge in [0.15, 0.2) is 0 Å². The second-order valence-electron chi connectivity index (χ2n) is 13.6. The summed E-state index contributed by atoms with van der Waals surface area (Å²) in [7, 11) is -3.87. The van der Waals surface area contributed by atoms with Crippen molar-refractivity contribution in [2.45, 2.75) is 115 Å². The number of nitrogens with one attached hydrogen (secondary N) is 3. The first-order valence-electron chi connectivity index (χ1n) is 18.2. The van der Waals surface area contributed by atoms with Crippen LogP contribution in [-0.4, -0.2) is 76.6 Å². The van der Waals surface area contributed by atoms with Crippen molar-refractivity contribution in [2.24, 2.45) is 5.92 Å². The Bertz CT molecular complexity index is 1570. The number of imidazole rings is 1. The molecule has 0 radical (unpaired) electrons. The standard InChI is InChI=1S/C38H55N5O7S/c1-2-3-21-40-51(48,49)26-35(44)37(46)33(22-30-15-9-5-10-16-30)41-34(38(47)42-36(45)20-19-29-13-7-4-8-14-29)23-32-24-39-27-43(32)28-50-25-31-17-11-6-12-18-31/h4,6-8,11-14,17-18,24,27,30,33-35,37,40-41,44,46H,2-3,5,9-10,15-16,19-23,25-26,28H2,1H3,(H,42,45,47)/t33-,34-,35-,37-/m0/s1. The van der Waals surface area contributed by atoms with Crippen molar-refractivity contribution < 1.29 is 33.0 Å². The molecule has 1 aromatic heterocycles. The lowest BCUT2D eigenvalue weighted by Gasteiger charge is -2.34. The Morgan fingerprint density at radius 3 is 2.37 bits per heavy atom. The minimum absolute atomic E-state index is 0.0906. The zero-order valence-corrected chi connectivity index (χ0v) is 30.5. The first-order chi connectivity index (χ1) is 24.6. The van der Waals surface area contributed by atoms with Crippen molar-refractivity contribution in [1.29, 1.82) is 0 Å². The molecule has 0 aliphatic heterocycles. The van der Waals surface area contributed by atoms with Gasteiger partial charge >= 0.3 is 0 Å². The summed E-state index contributed by atoms with van der Waals surface area (Å²) in [4.78, 5) is 31.2. The van der Waals surface area contributed by atoms with Gasteiger partial charge in [-0.1, -0.05) is 106 Å². The molecule has 4 atom stereocenters. The number of sulfonamides is 1. The van der Waals surface area contributed by atoms with Crippen molar-refractivity contribution >= 4 is 21.8 Å². The van der Waals surface area contributed by atoms with E-state index in [1.54, 1.807) is 17.1 Å². The second kappa shape index (κ2) is 21.2. The van der Waals surface area contributed by atoms with E-state index in [0.29, 0.717) is 31.6 Å². The molecule has 3 aromatic rings. The molecule has 5 N–H and O–H groups in total. The molecule has 1 fully saturated rings. The average molecular weight is 726 g/mol. The van der Waals surface area contributed by atoms with Crippen LogP contribution in [-0.2, 0) is 50.5 Å². The summed E-state index contributed by atoms with van der Waals surface area (Å²) >= 11 is 0. The number of nitrogens with zero attached hydrogens (tertiary/aromatic N) is 2. The fraction of sp³-hybridized carbons (Fsp3) is 0.553. The van der Waals surface area contributed by atoms with Gasteiger partial charge in [-0.3, -0.25) is 14.9 Å². The highest BCUT2D eigenvalue weighted by Gasteiger charge is 2.35. The maximum atomic E-state index is 13.9. The van der Waals surface area contributed by atoms with E-state index in [1.165, 1.54) is 0 Å². The molecule has 1 aliphatic carbocycles. The molecule has 0 unspecified atom stereocenters. The molecular formula is C38H55N5O7S. The third-order valence-corrected chi connectivity index (χ3v) is 10.8. The molecule has 1 saturated carbocycles. The molecule has 4 rings (SSSR count). The van der Waals surface area contributed by atoms with Crippen LogP contribution in [0.4, 0.5) is 0 Å². The molecule has 51 heavy (non-hydrogen) atoms. The van der Waals surface area contributed by atoms with Crippen LogP contribution in [0, 0.1) is 5.92 Å². The van der Waals surface area contributed by atoms with Crippen molar-refractivity contribution in [3.8, 4) is 0 Å². The van der Waals surface area contributed by atoms with E-state index in [9.17, 15) is 28.2 Å². The monoisotopic (exact) mass is 725 g/mol. The lowest BCUT2D eigenvalue weighted by atomic mass is 9.83. The zero-order chi connectivity index (χ0) is 36.5. The van der Waals surface area contributed by atoms with Gasteiger partial charge in [-0.15, -0.1) is 0 Å². The number of aromatic nitrogens is 2. The molecular weight excluding hydrogens is 671 g/mol. The Hall–Kier alpha value is -3.46. The predicted molar refractivity (Wildman–Crippen MR) is 196 cm³/mol. The Morgan fingerprint density at radius 2 is 1.69 bits per heavy atom. The number of amides is 2. The summed E-state index contributed by atoms with van der Waals surface area (Å²) in [6.07, 6.45) is 7.69. The van der Waals surface area contributed by atoms with E-state index >= 15 is 0 Å². The highest BCUT2D eigenvalue weighted by molar-refractivity contribution is 7.89. The molecule has 1 aliphatic rings. The quantitative estimate of drug-likeness (QED) is 0.0971. The minimum Gasteiger partial charge on any atom is -0.389 e. The Kier molecular flexibility index (Phi) is 16.7. The highest BCUT2D eigenvalue weighted by atomic mass is 32.2. The SMILES string of the molecule is CCCCNS(=O)(=O)C[C@H](O)[C@@H](O)[C@H](CC1CCCCC1)N[C@@H](Cc1cncn1COCc1ccccc1)C(=O)NC(=O)CCc1ccccc1. The topological polar surface area (TPSA) is 172 Å². The number of aliphatic hydroxyl groups is 2. The fourth-order valence-corrected chi connectivity index (χ4v) is 7.72. The number of ether oxygens (including phenoxy) is 1. The molecule has 0 spiro atoms. The van der Waals surface area contributed by atoms with Gasteiger partial charge in [-0.2, -0.15) is 0 Å². The fourth-order valence-electron chi connectivity index (χ4n) is 6.50. The number of imide groups is 1. The van der Waals surface area contributed by atoms with Crippen molar-refractivity contribution in [3.05, 3.63) is 90.0 Å². The molecule has 12 nitrogen and oxygen atoms in total. The van der Waals surface area contributed by atoms with Crippen LogP contribution in [0.3, 0.4) is 0 Å². The van der Waals surface area contributed by atoms with E-state index in [4.69, 9.17) is 4.74 Å². The number of benzene rings is 2. The number of carbonyl (C=O) groups is 2. The van der Waals surface area contributed by atoms with Crippen molar-refractivity contribution in [3.63, 3.8) is 0 Å². The van der Waals surface area contributed by atoms with Crippen LogP contribution in [0.25, 0.3) is 0 Å². The van der Waals surface area contributed by atoms with Crippen LogP contribution < -0.4 is 15.4 Å². The summed E-state index contributed by atoms with van der Waals surface area (Å²) < 4.78 is 35.7. The van der Waals surface area contributed by atoms with Crippen molar-refractivity contribution in [2.75, 3.05) is 12.3 Å². The summed E-state index contributed by atoms with van der Waals surface area (Å²) in [6, 6.07) is 17.4. The Morgan fingerprint density at radius 1 is 1.00 bits per heavy atom. The Labute approximate surface area is 302 Å². The number of rotatable bonds is 22. The highest BCUT2D eigenvalue weighted by Crippen LogP contribution is 2.29. The van der Waals surface area contributed by atoms with Crippen LogP contribution in [0.5, 0.6) is 0 Å². The zero-order valence-electron chi connectivity index (χ0n) is 29.7. The van der Waals surface area contributed by atoms with E-state index in [-0.39, 0.29) is 32.0 Å². The lowest BCUT2D eigenvalue weighted by Crippen LogP contribution is -2.57. The third-order valence-electron chi connectivity index (χ3n) is 9.39. The van der Waals surface area contributed by atoms with Gasteiger partial charge < -0.3 is 24.8 Å². The van der Waals surface area contributed by atoms with Crippen molar-refractivity contribution in [1.82, 2.24) is 24.9 Å². The maximum absolute atomic E-state index is 13.9. The molecule has 0 bridgehead atoms. The molecule has 2 amide bonds. The number of aliphatic hydroxyl groups excluding tert-OH is 2. The molecule has 280 valence electrons. The van der Waals surface area contributed by atoms with Gasteiger partial charge in [0.05, 0.1) is 36.9 Å². The van der Waals surface area contributed by atoms with Gasteiger partial charge in [-0.05, 0) is 36.3 Å². The molecule has 2 aromatic carbocycles. The number of hydrogen-bond acceptors (Lipinski definition) is 9. The number of carbonyl (C=O) groups excluding carboxylic acids is 2. The van der Waals surface area contributed by atoms with E-state index in [0.717, 1.165) is 49.7 Å². The average Bonchev–Trinajstić information content (AvgIpc) is 3.57. The van der Waals surface area contributed by atoms with Gasteiger partial charge in [0.25, 0.3) is 0 Å². The number of unbranched alkanes of at least 4 members (excludes halogenated alkanes) is 1. The summed E-state index contributed by atoms with van der Waals surface area (Å²) in [5, 5.41) is 28.4. The van der Waals surface area contributed by atoms with Crippen LogP contribution >= 0.6 is 0 Å². The number of hydrogen-bond donors (Lipinski definition) is 5. The van der Waals surface area contributed by atoms with Gasteiger partial charge in [-0.25, -0.2) is 18.1 Å². The van der Waals surface area contributed by atoms with E-state index in [2.05, 4.69) is 20.3 Å². The van der Waals surface area contributed by atoms with Gasteiger partial charge in [0.2, 0.25) is 21.8 Å². The molecule has 0 saturated heterocycles. The predicted octanol–water partition coefficient (Wildman–Crippen LogP) is 3.61. The first-order valence-corrected chi connectivity index (χ1v) is 19.9. The smallest absolute Gasteiger partial charge is 0.244 e. The van der Waals surface area contributed by atoms with Gasteiger partial charge in [0.1, 0.15) is 6.73 Å². The summed E-state index contributed by atoms with van der Waals surface area (Å²) in [5.74, 6) is -1.49. The number of aryl methyl sites for hydroxylation is 1. The summed E-state index contributed by atoms with van der Waals surface area (Å²) in [5.41, 5.74) is 2.63. The first kappa shape index (κ1) is 40.3. The lowest BCUT2D eigenvalue weighted by molar-refractivity contribution is -0.132. The van der Waals surface area contributed by atoms with Crippen LogP contribution in [0.2, 0.25) is 0 Å². The minimum atomic E-state index is -3.87. The normalized spacial score (nSPS) is 16.3. The van der Waals surface area contributed by atoms with Crippen LogP contribution in [0.1, 0.15) is 81.5 Å².